The molecule has 1 aromatic heterocycles. The van der Waals surface area contributed by atoms with Crippen molar-refractivity contribution >= 4 is 21.7 Å². The monoisotopic (exact) mass is 313 g/mol. The number of aromatic nitrogens is 2. The van der Waals surface area contributed by atoms with E-state index in [0.717, 1.165) is 12.8 Å². The van der Waals surface area contributed by atoms with Gasteiger partial charge in [-0.05, 0) is 25.7 Å². The van der Waals surface area contributed by atoms with E-state index in [0.29, 0.717) is 19.4 Å². The Hall–Kier alpha value is -1.61. The molecule has 1 aliphatic carbocycles. The third-order valence-electron chi connectivity index (χ3n) is 3.84. The summed E-state index contributed by atoms with van der Waals surface area (Å²) < 4.78 is 28.0. The first-order chi connectivity index (χ1) is 9.89. The Morgan fingerprint density at radius 1 is 1.43 bits per heavy atom. The Balaban J connectivity index is 1.86. The summed E-state index contributed by atoms with van der Waals surface area (Å²) in [6, 6.07) is -0.429. The SMILES string of the molecule is Cn1cc(S(=O)(=O)N2CCCC2C(=O)NC2CC2)c(N)n1. The molecule has 21 heavy (non-hydrogen) atoms. The summed E-state index contributed by atoms with van der Waals surface area (Å²) >= 11 is 0. The third-order valence-corrected chi connectivity index (χ3v) is 5.76. The number of nitrogen functional groups attached to an aromatic ring is 1. The molecule has 3 N–H and O–H groups in total. The van der Waals surface area contributed by atoms with Gasteiger partial charge in [-0.3, -0.25) is 9.48 Å². The predicted octanol–water partition coefficient (Wildman–Crippen LogP) is -0.566. The molecule has 1 atom stereocenters. The number of nitrogens with zero attached hydrogens (tertiary/aromatic N) is 3. The second-order valence-corrected chi connectivity index (χ2v) is 7.47. The second-order valence-electron chi connectivity index (χ2n) is 5.61. The van der Waals surface area contributed by atoms with Gasteiger partial charge in [0.25, 0.3) is 0 Å². The average Bonchev–Trinajstić information content (AvgIpc) is 2.95. The molecule has 1 aromatic rings. The molecule has 1 saturated heterocycles. The number of hydrogen-bond donors (Lipinski definition) is 2. The van der Waals surface area contributed by atoms with E-state index in [-0.39, 0.29) is 22.7 Å². The van der Waals surface area contributed by atoms with Crippen LogP contribution in [0.3, 0.4) is 0 Å². The topological polar surface area (TPSA) is 110 Å². The minimum absolute atomic E-state index is 0.0314. The van der Waals surface area contributed by atoms with Crippen molar-refractivity contribution in [2.75, 3.05) is 12.3 Å². The molecule has 8 nitrogen and oxygen atoms in total. The Morgan fingerprint density at radius 2 is 2.14 bits per heavy atom. The summed E-state index contributed by atoms with van der Waals surface area (Å²) in [4.78, 5) is 12.2. The van der Waals surface area contributed by atoms with Crippen LogP contribution in [0.15, 0.2) is 11.1 Å². The number of aryl methyl sites for hydroxylation is 1. The molecule has 9 heteroatoms. The number of carbonyl (C=O) groups is 1. The van der Waals surface area contributed by atoms with Crippen LogP contribution in [0, 0.1) is 0 Å². The lowest BCUT2D eigenvalue weighted by atomic mass is 10.2. The first kappa shape index (κ1) is 14.3. The van der Waals surface area contributed by atoms with Crippen LogP contribution in [-0.2, 0) is 21.9 Å². The highest BCUT2D eigenvalue weighted by Crippen LogP contribution is 2.29. The van der Waals surface area contributed by atoms with Gasteiger partial charge >= 0.3 is 0 Å². The molecule has 0 bridgehead atoms. The highest BCUT2D eigenvalue weighted by molar-refractivity contribution is 7.89. The molecule has 1 amide bonds. The van der Waals surface area contributed by atoms with Gasteiger partial charge in [-0.15, -0.1) is 0 Å². The fourth-order valence-corrected chi connectivity index (χ4v) is 4.37. The first-order valence-corrected chi connectivity index (χ1v) is 8.45. The molecular formula is C12H19N5O3S. The van der Waals surface area contributed by atoms with Crippen molar-refractivity contribution in [2.45, 2.75) is 42.7 Å². The number of carbonyl (C=O) groups excluding carboxylic acids is 1. The van der Waals surface area contributed by atoms with Gasteiger partial charge in [-0.25, -0.2) is 8.42 Å². The van der Waals surface area contributed by atoms with Crippen LogP contribution in [0.2, 0.25) is 0 Å². The van der Waals surface area contributed by atoms with Crippen LogP contribution in [0.5, 0.6) is 0 Å². The van der Waals surface area contributed by atoms with Crippen molar-refractivity contribution in [3.63, 3.8) is 0 Å². The first-order valence-electron chi connectivity index (χ1n) is 7.01. The summed E-state index contributed by atoms with van der Waals surface area (Å²) in [5.74, 6) is -0.244. The van der Waals surface area contributed by atoms with E-state index in [4.69, 9.17) is 5.73 Å². The van der Waals surface area contributed by atoms with Crippen LogP contribution in [0.1, 0.15) is 25.7 Å². The molecular weight excluding hydrogens is 294 g/mol. The lowest BCUT2D eigenvalue weighted by molar-refractivity contribution is -0.124. The number of anilines is 1. The maximum Gasteiger partial charge on any atom is 0.249 e. The van der Waals surface area contributed by atoms with Crippen molar-refractivity contribution < 1.29 is 13.2 Å². The van der Waals surface area contributed by atoms with Crippen molar-refractivity contribution in [1.29, 1.82) is 0 Å². The van der Waals surface area contributed by atoms with Crippen LogP contribution in [-0.4, -0.2) is 47.0 Å². The zero-order valence-corrected chi connectivity index (χ0v) is 12.6. The van der Waals surface area contributed by atoms with Crippen LogP contribution < -0.4 is 11.1 Å². The summed E-state index contributed by atoms with van der Waals surface area (Å²) in [6.45, 7) is 0.333. The van der Waals surface area contributed by atoms with Gasteiger partial charge in [-0.1, -0.05) is 0 Å². The predicted molar refractivity (Wildman–Crippen MR) is 75.7 cm³/mol. The van der Waals surface area contributed by atoms with Crippen LogP contribution in [0.25, 0.3) is 0 Å². The quantitative estimate of drug-likeness (QED) is 0.774. The number of rotatable bonds is 4. The minimum atomic E-state index is -3.79. The Bertz CT molecular complexity index is 664. The Kier molecular flexibility index (Phi) is 3.40. The summed E-state index contributed by atoms with van der Waals surface area (Å²) in [5, 5.41) is 6.74. The largest absolute Gasteiger partial charge is 0.381 e. The number of nitrogens with two attached hydrogens (primary N) is 1. The normalized spacial score (nSPS) is 23.4. The fourth-order valence-electron chi connectivity index (χ4n) is 2.62. The van der Waals surface area contributed by atoms with E-state index in [9.17, 15) is 13.2 Å². The molecule has 1 aliphatic heterocycles. The maximum absolute atomic E-state index is 12.7. The average molecular weight is 313 g/mol. The van der Waals surface area contributed by atoms with E-state index < -0.39 is 16.1 Å². The second kappa shape index (κ2) is 4.99. The Labute approximate surface area is 123 Å². The van der Waals surface area contributed by atoms with Gasteiger partial charge in [0, 0.05) is 25.8 Å². The van der Waals surface area contributed by atoms with Gasteiger partial charge < -0.3 is 11.1 Å². The van der Waals surface area contributed by atoms with Crippen molar-refractivity contribution in [2.24, 2.45) is 7.05 Å². The Morgan fingerprint density at radius 3 is 2.71 bits per heavy atom. The van der Waals surface area contributed by atoms with E-state index in [1.54, 1.807) is 7.05 Å². The van der Waals surface area contributed by atoms with E-state index >= 15 is 0 Å². The number of amides is 1. The van der Waals surface area contributed by atoms with Crippen LogP contribution >= 0.6 is 0 Å². The van der Waals surface area contributed by atoms with Gasteiger partial charge in [0.2, 0.25) is 15.9 Å². The molecule has 0 spiro atoms. The number of nitrogens with one attached hydrogen (secondary N) is 1. The highest BCUT2D eigenvalue weighted by Gasteiger charge is 2.42. The lowest BCUT2D eigenvalue weighted by Crippen LogP contribution is -2.46. The maximum atomic E-state index is 12.7. The molecule has 116 valence electrons. The molecule has 1 saturated carbocycles. The molecule has 2 aliphatic rings. The zero-order chi connectivity index (χ0) is 15.2. The van der Waals surface area contributed by atoms with Gasteiger partial charge in [0.15, 0.2) is 5.82 Å². The minimum Gasteiger partial charge on any atom is -0.381 e. The molecule has 1 unspecified atom stereocenters. The summed E-state index contributed by atoms with van der Waals surface area (Å²) in [5.41, 5.74) is 5.67. The van der Waals surface area contributed by atoms with Crippen molar-refractivity contribution in [3.05, 3.63) is 6.20 Å². The zero-order valence-electron chi connectivity index (χ0n) is 11.8. The van der Waals surface area contributed by atoms with Crippen molar-refractivity contribution in [3.8, 4) is 0 Å². The molecule has 0 aromatic carbocycles. The number of sulfonamides is 1. The van der Waals surface area contributed by atoms with Crippen LogP contribution in [0.4, 0.5) is 5.82 Å². The smallest absolute Gasteiger partial charge is 0.249 e. The molecule has 0 radical (unpaired) electrons. The lowest BCUT2D eigenvalue weighted by Gasteiger charge is -2.22. The summed E-state index contributed by atoms with van der Waals surface area (Å²) in [7, 11) is -2.19. The van der Waals surface area contributed by atoms with E-state index in [2.05, 4.69) is 10.4 Å². The highest BCUT2D eigenvalue weighted by atomic mass is 32.2. The van der Waals surface area contributed by atoms with E-state index in [1.807, 2.05) is 0 Å². The summed E-state index contributed by atoms with van der Waals surface area (Å²) in [6.07, 6.45) is 4.53. The number of hydrogen-bond acceptors (Lipinski definition) is 5. The third kappa shape index (κ3) is 2.62. The van der Waals surface area contributed by atoms with Gasteiger partial charge in [0.1, 0.15) is 10.9 Å². The van der Waals surface area contributed by atoms with Gasteiger partial charge in [-0.2, -0.15) is 9.40 Å². The standard InChI is InChI=1S/C12H19N5O3S/c1-16-7-10(11(13)15-16)21(19,20)17-6-2-3-9(17)12(18)14-8-4-5-8/h7-9H,2-6H2,1H3,(H2,13,15)(H,14,18). The molecule has 2 heterocycles. The fraction of sp³-hybridized carbons (Fsp3) is 0.667. The van der Waals surface area contributed by atoms with Gasteiger partial charge in [0.05, 0.1) is 0 Å². The molecule has 2 fully saturated rings. The van der Waals surface area contributed by atoms with E-state index in [1.165, 1.54) is 15.2 Å². The molecule has 3 rings (SSSR count). The van der Waals surface area contributed by atoms with Crippen molar-refractivity contribution in [1.82, 2.24) is 19.4 Å².